The number of hydrogen-bond acceptors (Lipinski definition) is 7. The Morgan fingerprint density at radius 3 is 2.59 bits per heavy atom. The van der Waals surface area contributed by atoms with E-state index in [1.165, 1.54) is 30.5 Å². The highest BCUT2D eigenvalue weighted by Gasteiger charge is 2.20. The highest BCUT2D eigenvalue weighted by atomic mass is 16.6. The molecule has 32 heavy (non-hydrogen) atoms. The molecule has 0 spiro atoms. The van der Waals surface area contributed by atoms with Crippen LogP contribution in [0.4, 0.5) is 5.69 Å². The topological polar surface area (TPSA) is 125 Å². The number of carbonyl (C=O) groups is 2. The number of nitro groups is 1. The summed E-state index contributed by atoms with van der Waals surface area (Å²) < 4.78 is 12.6. The van der Waals surface area contributed by atoms with Crippen molar-refractivity contribution in [3.8, 4) is 5.75 Å². The first-order valence-electron chi connectivity index (χ1n) is 9.77. The van der Waals surface area contributed by atoms with Crippen LogP contribution in [0.3, 0.4) is 0 Å². The van der Waals surface area contributed by atoms with Gasteiger partial charge in [-0.1, -0.05) is 0 Å². The fourth-order valence-electron chi connectivity index (χ4n) is 3.14. The molecule has 1 amide bonds. The number of fused-ring (bicyclic) bond motifs is 1. The predicted octanol–water partition coefficient (Wildman–Crippen LogP) is 3.10. The van der Waals surface area contributed by atoms with Crippen LogP contribution in [0.15, 0.2) is 47.6 Å². The molecule has 0 bridgehead atoms. The van der Waals surface area contributed by atoms with E-state index < -0.39 is 16.8 Å². The lowest BCUT2D eigenvalue weighted by molar-refractivity contribution is -0.384. The molecular weight excluding hydrogens is 416 g/mol. The van der Waals surface area contributed by atoms with Crippen LogP contribution < -0.4 is 10.2 Å². The molecule has 2 aromatic carbocycles. The average molecular weight is 438 g/mol. The fraction of sp³-hybridized carbons (Fsp3) is 0.227. The lowest BCUT2D eigenvalue weighted by Gasteiger charge is -2.06. The first-order chi connectivity index (χ1) is 15.3. The number of benzene rings is 2. The number of nitro benzene ring substituents is 1. The van der Waals surface area contributed by atoms with E-state index in [-0.39, 0.29) is 18.9 Å². The number of hydrogen-bond donors (Lipinski definition) is 1. The van der Waals surface area contributed by atoms with Gasteiger partial charge in [0.25, 0.3) is 11.6 Å². The smallest absolute Gasteiger partial charge is 0.340 e. The standard InChI is InChI=1S/C22H22N4O6/c1-4-31-22(28)21-14(2)25(3)19-10-9-17(11-18(19)21)32-13-20(27)24-23-12-15-5-7-16(8-6-15)26(29)30/h5-12H,4,13H2,1-3H3,(H,24,27)/b23-12+. The zero-order valence-electron chi connectivity index (χ0n) is 17.8. The summed E-state index contributed by atoms with van der Waals surface area (Å²) in [7, 11) is 1.86. The quantitative estimate of drug-likeness (QED) is 0.249. The van der Waals surface area contributed by atoms with E-state index >= 15 is 0 Å². The maximum atomic E-state index is 12.4. The van der Waals surface area contributed by atoms with Crippen LogP contribution >= 0.6 is 0 Å². The lowest BCUT2D eigenvalue weighted by Crippen LogP contribution is -2.24. The summed E-state index contributed by atoms with van der Waals surface area (Å²) in [4.78, 5) is 34.5. The van der Waals surface area contributed by atoms with Crippen molar-refractivity contribution in [2.45, 2.75) is 13.8 Å². The largest absolute Gasteiger partial charge is 0.484 e. The third-order valence-electron chi connectivity index (χ3n) is 4.82. The second-order valence-corrected chi connectivity index (χ2v) is 6.85. The molecule has 1 heterocycles. The van der Waals surface area contributed by atoms with E-state index in [1.54, 1.807) is 19.1 Å². The molecule has 3 aromatic rings. The Bertz CT molecular complexity index is 1200. The van der Waals surface area contributed by atoms with E-state index in [2.05, 4.69) is 10.5 Å². The molecule has 10 nitrogen and oxygen atoms in total. The van der Waals surface area contributed by atoms with Crippen LogP contribution in [0.1, 0.15) is 28.5 Å². The maximum absolute atomic E-state index is 12.4. The average Bonchev–Trinajstić information content (AvgIpc) is 3.02. The van der Waals surface area contributed by atoms with Crippen LogP contribution in [-0.2, 0) is 16.6 Å². The van der Waals surface area contributed by atoms with Crippen LogP contribution in [0.25, 0.3) is 10.9 Å². The van der Waals surface area contributed by atoms with Crippen molar-refractivity contribution in [2.75, 3.05) is 13.2 Å². The predicted molar refractivity (Wildman–Crippen MR) is 118 cm³/mol. The molecule has 0 unspecified atom stereocenters. The Morgan fingerprint density at radius 2 is 1.94 bits per heavy atom. The van der Waals surface area contributed by atoms with Gasteiger partial charge in [-0.2, -0.15) is 5.10 Å². The van der Waals surface area contributed by atoms with Crippen LogP contribution in [0.2, 0.25) is 0 Å². The molecule has 1 aromatic heterocycles. The van der Waals surface area contributed by atoms with Crippen molar-refractivity contribution >= 4 is 34.7 Å². The summed E-state index contributed by atoms with van der Waals surface area (Å²) in [5.74, 6) is -0.479. The van der Waals surface area contributed by atoms with Gasteiger partial charge in [-0.3, -0.25) is 14.9 Å². The lowest BCUT2D eigenvalue weighted by atomic mass is 10.1. The molecule has 0 fully saturated rings. The number of carbonyl (C=O) groups excluding carboxylic acids is 2. The summed E-state index contributed by atoms with van der Waals surface area (Å²) in [5, 5.41) is 15.1. The minimum Gasteiger partial charge on any atom is -0.484 e. The van der Waals surface area contributed by atoms with Gasteiger partial charge >= 0.3 is 5.97 Å². The summed E-state index contributed by atoms with van der Waals surface area (Å²) in [6.07, 6.45) is 1.37. The van der Waals surface area contributed by atoms with Gasteiger partial charge in [0.1, 0.15) is 5.75 Å². The molecule has 0 aliphatic rings. The third kappa shape index (κ3) is 4.91. The van der Waals surface area contributed by atoms with E-state index in [1.807, 2.05) is 24.6 Å². The van der Waals surface area contributed by atoms with E-state index in [0.717, 1.165) is 11.2 Å². The summed E-state index contributed by atoms with van der Waals surface area (Å²) in [6, 6.07) is 10.9. The highest BCUT2D eigenvalue weighted by Crippen LogP contribution is 2.29. The van der Waals surface area contributed by atoms with Gasteiger partial charge in [0.15, 0.2) is 6.61 Å². The Hall–Kier alpha value is -4.21. The number of amides is 1. The molecule has 3 rings (SSSR count). The Kier molecular flexibility index (Phi) is 6.83. The van der Waals surface area contributed by atoms with Gasteiger partial charge in [0.2, 0.25) is 0 Å². The SMILES string of the molecule is CCOC(=O)c1c(C)n(C)c2ccc(OCC(=O)N/N=C/c3ccc([N+](=O)[O-])cc3)cc12. The number of aromatic nitrogens is 1. The van der Waals surface area contributed by atoms with Gasteiger partial charge in [0.05, 0.1) is 23.3 Å². The zero-order chi connectivity index (χ0) is 23.3. The van der Waals surface area contributed by atoms with E-state index in [0.29, 0.717) is 22.3 Å². The molecule has 0 aliphatic carbocycles. The number of aryl methyl sites for hydroxylation is 1. The molecule has 0 radical (unpaired) electrons. The number of rotatable bonds is 8. The number of esters is 1. The number of hydrazone groups is 1. The molecular formula is C22H22N4O6. The monoisotopic (exact) mass is 438 g/mol. The van der Waals surface area contributed by atoms with Crippen LogP contribution in [0, 0.1) is 17.0 Å². The summed E-state index contributed by atoms with van der Waals surface area (Å²) >= 11 is 0. The normalized spacial score (nSPS) is 11.0. The first-order valence-corrected chi connectivity index (χ1v) is 9.77. The van der Waals surface area contributed by atoms with Crippen molar-refractivity contribution in [3.05, 3.63) is 69.4 Å². The Morgan fingerprint density at radius 1 is 1.22 bits per heavy atom. The van der Waals surface area contributed by atoms with Crippen molar-refractivity contribution in [2.24, 2.45) is 12.1 Å². The highest BCUT2D eigenvalue weighted by molar-refractivity contribution is 6.06. The number of nitrogens with zero attached hydrogens (tertiary/aromatic N) is 3. The number of ether oxygens (including phenoxy) is 2. The van der Waals surface area contributed by atoms with Gasteiger partial charge < -0.3 is 14.0 Å². The molecule has 166 valence electrons. The molecule has 1 N–H and O–H groups in total. The summed E-state index contributed by atoms with van der Waals surface area (Å²) in [5.41, 5.74) is 4.97. The van der Waals surface area contributed by atoms with Crippen LogP contribution in [-0.4, -0.2) is 40.8 Å². The van der Waals surface area contributed by atoms with Gasteiger partial charge in [-0.05, 0) is 49.7 Å². The van der Waals surface area contributed by atoms with Crippen molar-refractivity contribution in [3.63, 3.8) is 0 Å². The van der Waals surface area contributed by atoms with Crippen LogP contribution in [0.5, 0.6) is 5.75 Å². The second-order valence-electron chi connectivity index (χ2n) is 6.85. The van der Waals surface area contributed by atoms with Crippen molar-refractivity contribution in [1.29, 1.82) is 0 Å². The minimum atomic E-state index is -0.496. The van der Waals surface area contributed by atoms with E-state index in [4.69, 9.17) is 9.47 Å². The molecule has 10 heteroatoms. The maximum Gasteiger partial charge on any atom is 0.340 e. The fourth-order valence-corrected chi connectivity index (χ4v) is 3.14. The first kappa shape index (κ1) is 22.5. The van der Waals surface area contributed by atoms with E-state index in [9.17, 15) is 19.7 Å². The van der Waals surface area contributed by atoms with Gasteiger partial charge in [0, 0.05) is 35.8 Å². The zero-order valence-corrected chi connectivity index (χ0v) is 17.8. The molecule has 0 saturated heterocycles. The van der Waals surface area contributed by atoms with Gasteiger partial charge in [-0.15, -0.1) is 0 Å². The summed E-state index contributed by atoms with van der Waals surface area (Å²) in [6.45, 7) is 3.56. The van der Waals surface area contributed by atoms with Crippen molar-refractivity contribution in [1.82, 2.24) is 9.99 Å². The van der Waals surface area contributed by atoms with Gasteiger partial charge in [-0.25, -0.2) is 10.2 Å². The molecule has 0 aliphatic heterocycles. The number of non-ortho nitro benzene ring substituents is 1. The number of nitrogens with one attached hydrogen (secondary N) is 1. The Labute approximate surface area is 183 Å². The van der Waals surface area contributed by atoms with Crippen molar-refractivity contribution < 1.29 is 24.0 Å². The Balaban J connectivity index is 1.64. The minimum absolute atomic E-state index is 0.0312. The third-order valence-corrected chi connectivity index (χ3v) is 4.82. The second kappa shape index (κ2) is 9.73. The molecule has 0 atom stereocenters. The molecule has 0 saturated carbocycles.